The summed E-state index contributed by atoms with van der Waals surface area (Å²) in [7, 11) is 1.69. The molecule has 0 amide bonds. The minimum Gasteiger partial charge on any atom is -0.497 e. The first-order valence-electron chi connectivity index (χ1n) is 6.22. The Morgan fingerprint density at radius 3 is 2.78 bits per heavy atom. The van der Waals surface area contributed by atoms with E-state index in [-0.39, 0.29) is 6.04 Å². The van der Waals surface area contributed by atoms with Crippen molar-refractivity contribution in [2.75, 3.05) is 7.11 Å². The standard InChI is InChI=1S/C16H19NO/c1-12-4-5-14(13(2)10-12)11-17-15-6-8-16(18-3)9-7-15/h4-6,8-11,15H,7H2,1-3H3/b17-11+. The number of hydrogen-bond donors (Lipinski definition) is 0. The number of nitrogens with zero attached hydrogens (tertiary/aromatic N) is 1. The van der Waals surface area contributed by atoms with Crippen molar-refractivity contribution in [3.05, 3.63) is 58.9 Å². The van der Waals surface area contributed by atoms with Crippen LogP contribution in [0.2, 0.25) is 0 Å². The molecule has 0 radical (unpaired) electrons. The molecule has 0 aliphatic heterocycles. The van der Waals surface area contributed by atoms with Gasteiger partial charge in [0.15, 0.2) is 0 Å². The Bertz CT molecular complexity index is 512. The molecule has 1 aromatic rings. The van der Waals surface area contributed by atoms with Gasteiger partial charge in [-0.1, -0.05) is 29.8 Å². The molecule has 1 aromatic carbocycles. The molecule has 0 heterocycles. The van der Waals surface area contributed by atoms with E-state index in [2.05, 4.69) is 49.2 Å². The number of allylic oxidation sites excluding steroid dienone is 1. The summed E-state index contributed by atoms with van der Waals surface area (Å²) in [6, 6.07) is 6.65. The predicted octanol–water partition coefficient (Wildman–Crippen LogP) is 3.58. The molecule has 1 atom stereocenters. The summed E-state index contributed by atoms with van der Waals surface area (Å²) in [4.78, 5) is 4.60. The Hall–Kier alpha value is -1.83. The van der Waals surface area contributed by atoms with E-state index in [4.69, 9.17) is 4.74 Å². The third-order valence-electron chi connectivity index (χ3n) is 3.11. The number of ether oxygens (including phenoxy) is 1. The molecular formula is C16H19NO. The van der Waals surface area contributed by atoms with Crippen LogP contribution >= 0.6 is 0 Å². The lowest BCUT2D eigenvalue weighted by Crippen LogP contribution is -2.04. The Labute approximate surface area is 109 Å². The zero-order valence-corrected chi connectivity index (χ0v) is 11.2. The highest BCUT2D eigenvalue weighted by Crippen LogP contribution is 2.14. The smallest absolute Gasteiger partial charge is 0.114 e. The Kier molecular flexibility index (Phi) is 3.98. The number of hydrogen-bond acceptors (Lipinski definition) is 2. The summed E-state index contributed by atoms with van der Waals surface area (Å²) < 4.78 is 5.16. The number of rotatable bonds is 3. The maximum Gasteiger partial charge on any atom is 0.114 e. The van der Waals surface area contributed by atoms with Crippen LogP contribution in [0.25, 0.3) is 0 Å². The lowest BCUT2D eigenvalue weighted by molar-refractivity contribution is 0.303. The van der Waals surface area contributed by atoms with E-state index in [1.165, 1.54) is 16.7 Å². The minimum atomic E-state index is 0.226. The average molecular weight is 241 g/mol. The van der Waals surface area contributed by atoms with Crippen LogP contribution in [-0.4, -0.2) is 19.4 Å². The first-order chi connectivity index (χ1) is 8.69. The molecule has 0 N–H and O–H groups in total. The van der Waals surface area contributed by atoms with Crippen molar-refractivity contribution in [2.24, 2.45) is 4.99 Å². The fourth-order valence-corrected chi connectivity index (χ4v) is 2.00. The van der Waals surface area contributed by atoms with Gasteiger partial charge in [-0.05, 0) is 43.5 Å². The van der Waals surface area contributed by atoms with Gasteiger partial charge in [0.2, 0.25) is 0 Å². The van der Waals surface area contributed by atoms with Crippen LogP contribution in [0.4, 0.5) is 0 Å². The molecule has 0 spiro atoms. The molecule has 0 bridgehead atoms. The molecule has 1 aliphatic rings. The zero-order chi connectivity index (χ0) is 13.0. The monoisotopic (exact) mass is 241 g/mol. The molecule has 18 heavy (non-hydrogen) atoms. The van der Waals surface area contributed by atoms with E-state index in [0.29, 0.717) is 0 Å². The van der Waals surface area contributed by atoms with E-state index in [1.54, 1.807) is 7.11 Å². The third kappa shape index (κ3) is 3.10. The zero-order valence-electron chi connectivity index (χ0n) is 11.2. The van der Waals surface area contributed by atoms with Gasteiger partial charge in [-0.2, -0.15) is 0 Å². The SMILES string of the molecule is COC1=CCC(/N=C/c2ccc(C)cc2C)C=C1. The molecule has 1 unspecified atom stereocenters. The fraction of sp³-hybridized carbons (Fsp3) is 0.312. The second-order valence-corrected chi connectivity index (χ2v) is 4.61. The topological polar surface area (TPSA) is 21.6 Å². The van der Waals surface area contributed by atoms with Gasteiger partial charge in [0.05, 0.1) is 13.2 Å². The first-order valence-corrected chi connectivity index (χ1v) is 6.22. The normalized spacial score (nSPS) is 19.1. The van der Waals surface area contributed by atoms with Crippen LogP contribution in [0.15, 0.2) is 47.2 Å². The highest BCUT2D eigenvalue weighted by Gasteiger charge is 2.06. The maximum atomic E-state index is 5.16. The lowest BCUT2D eigenvalue weighted by atomic mass is 10.1. The molecule has 0 aromatic heterocycles. The highest BCUT2D eigenvalue weighted by atomic mass is 16.5. The van der Waals surface area contributed by atoms with Crippen molar-refractivity contribution in [3.8, 4) is 0 Å². The van der Waals surface area contributed by atoms with E-state index in [1.807, 2.05) is 12.3 Å². The summed E-state index contributed by atoms with van der Waals surface area (Å²) in [6.45, 7) is 4.23. The van der Waals surface area contributed by atoms with Crippen LogP contribution in [-0.2, 0) is 4.74 Å². The van der Waals surface area contributed by atoms with Crippen LogP contribution < -0.4 is 0 Å². The van der Waals surface area contributed by atoms with Crippen molar-refractivity contribution >= 4 is 6.21 Å². The van der Waals surface area contributed by atoms with Crippen molar-refractivity contribution in [3.63, 3.8) is 0 Å². The van der Waals surface area contributed by atoms with Crippen LogP contribution in [0.5, 0.6) is 0 Å². The van der Waals surface area contributed by atoms with Crippen molar-refractivity contribution in [1.29, 1.82) is 0 Å². The molecule has 2 heteroatoms. The highest BCUT2D eigenvalue weighted by molar-refractivity contribution is 5.82. The summed E-state index contributed by atoms with van der Waals surface area (Å²) in [6.07, 6.45) is 9.01. The van der Waals surface area contributed by atoms with Gasteiger partial charge in [0, 0.05) is 6.21 Å². The van der Waals surface area contributed by atoms with Crippen LogP contribution in [0.3, 0.4) is 0 Å². The first kappa shape index (κ1) is 12.6. The molecule has 0 saturated carbocycles. The largest absolute Gasteiger partial charge is 0.497 e. The van der Waals surface area contributed by atoms with Crippen LogP contribution in [0, 0.1) is 13.8 Å². The average Bonchev–Trinajstić information content (AvgIpc) is 2.38. The summed E-state index contributed by atoms with van der Waals surface area (Å²) in [5, 5.41) is 0. The maximum absolute atomic E-state index is 5.16. The molecule has 2 nitrogen and oxygen atoms in total. The number of aryl methyl sites for hydroxylation is 2. The Morgan fingerprint density at radius 1 is 1.33 bits per heavy atom. The Balaban J connectivity index is 2.04. The summed E-state index contributed by atoms with van der Waals surface area (Å²) in [5.74, 6) is 0.924. The summed E-state index contributed by atoms with van der Waals surface area (Å²) >= 11 is 0. The minimum absolute atomic E-state index is 0.226. The van der Waals surface area contributed by atoms with E-state index < -0.39 is 0 Å². The van der Waals surface area contributed by atoms with Gasteiger partial charge >= 0.3 is 0 Å². The number of aliphatic imine (C=N–C) groups is 1. The second kappa shape index (κ2) is 5.67. The van der Waals surface area contributed by atoms with Crippen molar-refractivity contribution in [1.82, 2.24) is 0 Å². The van der Waals surface area contributed by atoms with E-state index >= 15 is 0 Å². The fourth-order valence-electron chi connectivity index (χ4n) is 2.00. The molecule has 94 valence electrons. The number of benzene rings is 1. The van der Waals surface area contributed by atoms with Gasteiger partial charge < -0.3 is 4.74 Å². The van der Waals surface area contributed by atoms with Crippen molar-refractivity contribution < 1.29 is 4.74 Å². The third-order valence-corrected chi connectivity index (χ3v) is 3.11. The van der Waals surface area contributed by atoms with Gasteiger partial charge in [-0.15, -0.1) is 0 Å². The van der Waals surface area contributed by atoms with Gasteiger partial charge in [-0.25, -0.2) is 0 Å². The second-order valence-electron chi connectivity index (χ2n) is 4.61. The van der Waals surface area contributed by atoms with E-state index in [0.717, 1.165) is 12.2 Å². The number of methoxy groups -OCH3 is 1. The summed E-state index contributed by atoms with van der Waals surface area (Å²) in [5.41, 5.74) is 3.75. The van der Waals surface area contributed by atoms with Crippen LogP contribution in [0.1, 0.15) is 23.1 Å². The molecule has 2 rings (SSSR count). The Morgan fingerprint density at radius 2 is 2.17 bits per heavy atom. The quantitative estimate of drug-likeness (QED) is 0.741. The lowest BCUT2D eigenvalue weighted by Gasteiger charge is -2.11. The predicted molar refractivity (Wildman–Crippen MR) is 76.1 cm³/mol. The molecule has 0 saturated heterocycles. The van der Waals surface area contributed by atoms with Crippen molar-refractivity contribution in [2.45, 2.75) is 26.3 Å². The molecular weight excluding hydrogens is 222 g/mol. The van der Waals surface area contributed by atoms with Gasteiger partial charge in [0.25, 0.3) is 0 Å². The van der Waals surface area contributed by atoms with Gasteiger partial charge in [-0.3, -0.25) is 4.99 Å². The molecule has 0 fully saturated rings. The van der Waals surface area contributed by atoms with Gasteiger partial charge in [0.1, 0.15) is 5.76 Å². The van der Waals surface area contributed by atoms with E-state index in [9.17, 15) is 0 Å². The molecule has 1 aliphatic carbocycles.